The molecule has 16 heavy (non-hydrogen) atoms. The molecule has 1 heterocycles. The van der Waals surface area contributed by atoms with E-state index < -0.39 is 0 Å². The lowest BCUT2D eigenvalue weighted by atomic mass is 10.2. The number of nitrogens with zero attached hydrogens (tertiary/aromatic N) is 2. The molecule has 0 aliphatic carbocycles. The standard InChI is InChI=1S/C11H11BrN4/c1-7-2-3-8(12)9(4-7)15-11-6-14-5-10(13)16-11/h2-6H,1H3,(H3,13,15,16). The maximum Gasteiger partial charge on any atom is 0.151 e. The van der Waals surface area contributed by atoms with Crippen LogP contribution in [0.5, 0.6) is 0 Å². The summed E-state index contributed by atoms with van der Waals surface area (Å²) in [6.07, 6.45) is 3.14. The molecule has 0 aliphatic heterocycles. The average Bonchev–Trinajstić information content (AvgIpc) is 2.24. The van der Waals surface area contributed by atoms with Crippen molar-refractivity contribution < 1.29 is 0 Å². The van der Waals surface area contributed by atoms with Crippen molar-refractivity contribution in [2.24, 2.45) is 0 Å². The molecule has 0 unspecified atom stereocenters. The van der Waals surface area contributed by atoms with E-state index in [2.05, 4.69) is 31.2 Å². The second kappa shape index (κ2) is 4.49. The fraction of sp³-hybridized carbons (Fsp3) is 0.0909. The highest BCUT2D eigenvalue weighted by Gasteiger charge is 2.02. The van der Waals surface area contributed by atoms with Crippen molar-refractivity contribution in [3.05, 3.63) is 40.6 Å². The number of halogens is 1. The van der Waals surface area contributed by atoms with E-state index >= 15 is 0 Å². The summed E-state index contributed by atoms with van der Waals surface area (Å²) in [5.74, 6) is 1.03. The van der Waals surface area contributed by atoms with E-state index in [0.29, 0.717) is 11.6 Å². The van der Waals surface area contributed by atoms with E-state index in [1.54, 1.807) is 6.20 Å². The first-order chi connectivity index (χ1) is 7.65. The van der Waals surface area contributed by atoms with Crippen LogP contribution in [-0.4, -0.2) is 9.97 Å². The Bertz CT molecular complexity index is 513. The molecule has 0 bridgehead atoms. The van der Waals surface area contributed by atoms with Crippen LogP contribution in [0, 0.1) is 6.92 Å². The minimum Gasteiger partial charge on any atom is -0.382 e. The summed E-state index contributed by atoms with van der Waals surface area (Å²) in [6.45, 7) is 2.03. The van der Waals surface area contributed by atoms with E-state index in [1.165, 1.54) is 11.8 Å². The minimum absolute atomic E-state index is 0.397. The molecule has 1 aromatic heterocycles. The number of nitrogen functional groups attached to an aromatic ring is 1. The van der Waals surface area contributed by atoms with Gasteiger partial charge in [0.15, 0.2) is 5.82 Å². The van der Waals surface area contributed by atoms with Gasteiger partial charge >= 0.3 is 0 Å². The molecular weight excluding hydrogens is 268 g/mol. The van der Waals surface area contributed by atoms with Gasteiger partial charge in [0, 0.05) is 4.47 Å². The third kappa shape index (κ3) is 2.49. The molecule has 2 aromatic rings. The Kier molecular flexibility index (Phi) is 3.05. The fourth-order valence-electron chi connectivity index (χ4n) is 1.31. The molecule has 3 N–H and O–H groups in total. The SMILES string of the molecule is Cc1ccc(Br)c(Nc2cncc(N)n2)c1. The number of anilines is 3. The molecule has 0 saturated carbocycles. The molecule has 2 rings (SSSR count). The topological polar surface area (TPSA) is 63.8 Å². The van der Waals surface area contributed by atoms with Crippen LogP contribution in [0.15, 0.2) is 35.1 Å². The quantitative estimate of drug-likeness (QED) is 0.887. The second-order valence-corrected chi connectivity index (χ2v) is 4.29. The molecule has 0 aliphatic rings. The van der Waals surface area contributed by atoms with Crippen LogP contribution >= 0.6 is 15.9 Å². The number of aromatic nitrogens is 2. The van der Waals surface area contributed by atoms with Crippen LogP contribution in [0.3, 0.4) is 0 Å². The zero-order chi connectivity index (χ0) is 11.5. The van der Waals surface area contributed by atoms with Crippen LogP contribution in [0.2, 0.25) is 0 Å². The molecule has 0 spiro atoms. The monoisotopic (exact) mass is 278 g/mol. The van der Waals surface area contributed by atoms with Crippen molar-refractivity contribution in [3.63, 3.8) is 0 Å². The largest absolute Gasteiger partial charge is 0.382 e. The summed E-state index contributed by atoms with van der Waals surface area (Å²) in [5.41, 5.74) is 7.67. The summed E-state index contributed by atoms with van der Waals surface area (Å²) < 4.78 is 0.974. The van der Waals surface area contributed by atoms with Crippen molar-refractivity contribution >= 4 is 33.3 Å². The molecule has 0 fully saturated rings. The maximum atomic E-state index is 5.55. The molecular formula is C11H11BrN4. The van der Waals surface area contributed by atoms with Gasteiger partial charge in [0.1, 0.15) is 5.82 Å². The van der Waals surface area contributed by atoms with E-state index in [-0.39, 0.29) is 0 Å². The molecule has 0 atom stereocenters. The van der Waals surface area contributed by atoms with Crippen molar-refractivity contribution in [2.75, 3.05) is 11.1 Å². The Labute approximate surface area is 102 Å². The van der Waals surface area contributed by atoms with E-state index in [4.69, 9.17) is 5.73 Å². The first kappa shape index (κ1) is 10.9. The van der Waals surface area contributed by atoms with Crippen molar-refractivity contribution in [1.29, 1.82) is 0 Å². The highest BCUT2D eigenvalue weighted by atomic mass is 79.9. The normalized spacial score (nSPS) is 10.1. The second-order valence-electron chi connectivity index (χ2n) is 3.44. The fourth-order valence-corrected chi connectivity index (χ4v) is 1.66. The van der Waals surface area contributed by atoms with Crippen LogP contribution in [-0.2, 0) is 0 Å². The summed E-state index contributed by atoms with van der Waals surface area (Å²) in [7, 11) is 0. The number of benzene rings is 1. The summed E-state index contributed by atoms with van der Waals surface area (Å²) >= 11 is 3.46. The number of rotatable bonds is 2. The van der Waals surface area contributed by atoms with Gasteiger partial charge in [-0.1, -0.05) is 6.07 Å². The molecule has 0 radical (unpaired) electrons. The summed E-state index contributed by atoms with van der Waals surface area (Å²) in [6, 6.07) is 6.03. The Morgan fingerprint density at radius 1 is 1.31 bits per heavy atom. The molecule has 0 saturated heterocycles. The van der Waals surface area contributed by atoms with Crippen LogP contribution < -0.4 is 11.1 Å². The number of hydrogen-bond donors (Lipinski definition) is 2. The van der Waals surface area contributed by atoms with Gasteiger partial charge in [0.05, 0.1) is 18.1 Å². The predicted octanol–water partition coefficient (Wildman–Crippen LogP) is 2.87. The van der Waals surface area contributed by atoms with Gasteiger partial charge in [-0.15, -0.1) is 0 Å². The van der Waals surface area contributed by atoms with Gasteiger partial charge in [0.2, 0.25) is 0 Å². The summed E-state index contributed by atoms with van der Waals surface area (Å²) in [4.78, 5) is 8.09. The average molecular weight is 279 g/mol. The number of aryl methyl sites for hydroxylation is 1. The highest BCUT2D eigenvalue weighted by molar-refractivity contribution is 9.10. The van der Waals surface area contributed by atoms with Crippen LogP contribution in [0.1, 0.15) is 5.56 Å². The molecule has 5 heteroatoms. The third-order valence-electron chi connectivity index (χ3n) is 2.04. The zero-order valence-electron chi connectivity index (χ0n) is 8.74. The van der Waals surface area contributed by atoms with Gasteiger partial charge in [-0.2, -0.15) is 0 Å². The van der Waals surface area contributed by atoms with E-state index in [9.17, 15) is 0 Å². The number of hydrogen-bond acceptors (Lipinski definition) is 4. The summed E-state index contributed by atoms with van der Waals surface area (Å²) in [5, 5.41) is 3.15. The Morgan fingerprint density at radius 2 is 2.12 bits per heavy atom. The lowest BCUT2D eigenvalue weighted by Gasteiger charge is -2.08. The molecule has 1 aromatic carbocycles. The maximum absolute atomic E-state index is 5.55. The number of nitrogens with two attached hydrogens (primary N) is 1. The van der Waals surface area contributed by atoms with Gasteiger partial charge in [-0.05, 0) is 40.5 Å². The van der Waals surface area contributed by atoms with E-state index in [1.807, 2.05) is 25.1 Å². The minimum atomic E-state index is 0.397. The van der Waals surface area contributed by atoms with Gasteiger partial charge in [-0.3, -0.25) is 4.98 Å². The van der Waals surface area contributed by atoms with Gasteiger partial charge in [0.25, 0.3) is 0 Å². The first-order valence-electron chi connectivity index (χ1n) is 4.76. The van der Waals surface area contributed by atoms with Crippen molar-refractivity contribution in [3.8, 4) is 0 Å². The predicted molar refractivity (Wildman–Crippen MR) is 68.6 cm³/mol. The lowest BCUT2D eigenvalue weighted by Crippen LogP contribution is -1.98. The molecule has 4 nitrogen and oxygen atoms in total. The van der Waals surface area contributed by atoms with Crippen molar-refractivity contribution in [1.82, 2.24) is 9.97 Å². The lowest BCUT2D eigenvalue weighted by molar-refractivity contribution is 1.21. The van der Waals surface area contributed by atoms with Crippen LogP contribution in [0.25, 0.3) is 0 Å². The third-order valence-corrected chi connectivity index (χ3v) is 2.73. The highest BCUT2D eigenvalue weighted by Crippen LogP contribution is 2.25. The molecule has 82 valence electrons. The molecule has 0 amide bonds. The van der Waals surface area contributed by atoms with E-state index in [0.717, 1.165) is 10.2 Å². The number of nitrogens with one attached hydrogen (secondary N) is 1. The Hall–Kier alpha value is -1.62. The van der Waals surface area contributed by atoms with Crippen LogP contribution in [0.4, 0.5) is 17.3 Å². The van der Waals surface area contributed by atoms with Crippen molar-refractivity contribution in [2.45, 2.75) is 6.92 Å². The first-order valence-corrected chi connectivity index (χ1v) is 5.55. The zero-order valence-corrected chi connectivity index (χ0v) is 10.3. The smallest absolute Gasteiger partial charge is 0.151 e. The van der Waals surface area contributed by atoms with Gasteiger partial charge in [-0.25, -0.2) is 4.98 Å². The Morgan fingerprint density at radius 3 is 2.88 bits per heavy atom. The van der Waals surface area contributed by atoms with Gasteiger partial charge < -0.3 is 11.1 Å². The Balaban J connectivity index is 2.30.